The highest BCUT2D eigenvalue weighted by Gasteiger charge is 2.24. The predicted molar refractivity (Wildman–Crippen MR) is 96.5 cm³/mol. The van der Waals surface area contributed by atoms with Gasteiger partial charge in [0.1, 0.15) is 0 Å². The highest BCUT2D eigenvalue weighted by Crippen LogP contribution is 2.30. The Hall–Kier alpha value is -1.95. The second-order valence-corrected chi connectivity index (χ2v) is 7.49. The summed E-state index contributed by atoms with van der Waals surface area (Å²) in [4.78, 5) is 25.5. The molecule has 6 nitrogen and oxygen atoms in total. The molecule has 0 aromatic carbocycles. The van der Waals surface area contributed by atoms with Crippen LogP contribution in [0, 0.1) is 0 Å². The zero-order valence-corrected chi connectivity index (χ0v) is 14.7. The zero-order valence-electron chi connectivity index (χ0n) is 14.7. The molecular weight excluding hydrogens is 314 g/mol. The Labute approximate surface area is 148 Å². The van der Waals surface area contributed by atoms with Crippen molar-refractivity contribution in [3.8, 4) is 0 Å². The number of imidazole rings is 1. The molecule has 4 rings (SSSR count). The minimum atomic E-state index is -0.0579. The molecule has 0 radical (unpaired) electrons. The maximum atomic E-state index is 11.6. The fourth-order valence-electron chi connectivity index (χ4n) is 4.42. The summed E-state index contributed by atoms with van der Waals surface area (Å²) < 4.78 is 2.41. The first-order valence-electron chi connectivity index (χ1n) is 9.57. The highest BCUT2D eigenvalue weighted by atomic mass is 16.1. The molecule has 134 valence electrons. The van der Waals surface area contributed by atoms with Crippen LogP contribution in [-0.2, 0) is 6.54 Å². The molecule has 2 fully saturated rings. The minimum Gasteiger partial charge on any atom is -0.330 e. The molecule has 1 saturated carbocycles. The lowest BCUT2D eigenvalue weighted by Crippen LogP contribution is -2.35. The van der Waals surface area contributed by atoms with Gasteiger partial charge < -0.3 is 9.55 Å². The van der Waals surface area contributed by atoms with Crippen LogP contribution in [0.25, 0.3) is 0 Å². The number of hydrogen-bond donors (Lipinski definition) is 1. The van der Waals surface area contributed by atoms with E-state index in [0.717, 1.165) is 38.2 Å². The SMILES string of the molecule is O=c1cc([C@@H]2CCCN(Cc3cncn3C3CCCCC3)C2)nc[nH]1. The van der Waals surface area contributed by atoms with E-state index < -0.39 is 0 Å². The molecule has 2 aliphatic rings. The van der Waals surface area contributed by atoms with Gasteiger partial charge in [-0.25, -0.2) is 9.97 Å². The molecule has 2 aromatic heterocycles. The van der Waals surface area contributed by atoms with Crippen LogP contribution in [0.1, 0.15) is 68.3 Å². The van der Waals surface area contributed by atoms with Gasteiger partial charge in [-0.3, -0.25) is 9.69 Å². The van der Waals surface area contributed by atoms with Crippen LogP contribution >= 0.6 is 0 Å². The summed E-state index contributed by atoms with van der Waals surface area (Å²) >= 11 is 0. The average Bonchev–Trinajstić information content (AvgIpc) is 3.11. The van der Waals surface area contributed by atoms with E-state index in [1.54, 1.807) is 6.07 Å². The molecule has 0 spiro atoms. The van der Waals surface area contributed by atoms with E-state index >= 15 is 0 Å². The molecule has 0 bridgehead atoms. The smallest absolute Gasteiger partial charge is 0.250 e. The number of nitrogens with one attached hydrogen (secondary N) is 1. The summed E-state index contributed by atoms with van der Waals surface area (Å²) in [5, 5.41) is 0. The Bertz CT molecular complexity index is 746. The van der Waals surface area contributed by atoms with Gasteiger partial charge in [0.05, 0.1) is 24.0 Å². The minimum absolute atomic E-state index is 0.0579. The van der Waals surface area contributed by atoms with Gasteiger partial charge in [0, 0.05) is 37.3 Å². The molecule has 1 aliphatic carbocycles. The number of nitrogens with zero attached hydrogens (tertiary/aromatic N) is 4. The lowest BCUT2D eigenvalue weighted by Gasteiger charge is -2.33. The second-order valence-electron chi connectivity index (χ2n) is 7.49. The number of likely N-dealkylation sites (tertiary alicyclic amines) is 1. The highest BCUT2D eigenvalue weighted by molar-refractivity contribution is 5.09. The van der Waals surface area contributed by atoms with E-state index in [1.807, 2.05) is 12.5 Å². The maximum absolute atomic E-state index is 11.6. The van der Waals surface area contributed by atoms with Crippen LogP contribution in [0.2, 0.25) is 0 Å². The van der Waals surface area contributed by atoms with Gasteiger partial charge in [0.15, 0.2) is 0 Å². The largest absolute Gasteiger partial charge is 0.330 e. The lowest BCUT2D eigenvalue weighted by atomic mass is 9.94. The summed E-state index contributed by atoms with van der Waals surface area (Å²) in [6.45, 7) is 3.01. The fraction of sp³-hybridized carbons (Fsp3) is 0.632. The van der Waals surface area contributed by atoms with Crippen LogP contribution < -0.4 is 5.56 Å². The van der Waals surface area contributed by atoms with E-state index in [1.165, 1.54) is 44.1 Å². The third-order valence-corrected chi connectivity index (χ3v) is 5.72. The molecular formula is C19H27N5O. The van der Waals surface area contributed by atoms with Gasteiger partial charge in [-0.1, -0.05) is 19.3 Å². The van der Waals surface area contributed by atoms with Gasteiger partial charge in [-0.2, -0.15) is 0 Å². The summed E-state index contributed by atoms with van der Waals surface area (Å²) in [5.74, 6) is 0.349. The van der Waals surface area contributed by atoms with Crippen molar-refractivity contribution in [1.82, 2.24) is 24.4 Å². The lowest BCUT2D eigenvalue weighted by molar-refractivity contribution is 0.191. The van der Waals surface area contributed by atoms with Gasteiger partial charge in [-0.05, 0) is 32.2 Å². The standard InChI is InChI=1S/C19H27N5O/c25-19-9-18(21-13-22-19)15-5-4-8-23(11-15)12-17-10-20-14-24(17)16-6-2-1-3-7-16/h9-10,13-16H,1-8,11-12H2,(H,21,22,25)/t15-/m1/s1. The van der Waals surface area contributed by atoms with Crippen molar-refractivity contribution >= 4 is 0 Å². The topological polar surface area (TPSA) is 66.8 Å². The first kappa shape index (κ1) is 16.5. The molecule has 1 saturated heterocycles. The van der Waals surface area contributed by atoms with E-state index in [4.69, 9.17) is 0 Å². The zero-order chi connectivity index (χ0) is 17.1. The van der Waals surface area contributed by atoms with E-state index in [9.17, 15) is 4.79 Å². The van der Waals surface area contributed by atoms with Crippen molar-refractivity contribution in [2.24, 2.45) is 0 Å². The van der Waals surface area contributed by atoms with Crippen LogP contribution in [0.4, 0.5) is 0 Å². The number of piperidine rings is 1. The van der Waals surface area contributed by atoms with Crippen molar-refractivity contribution in [2.45, 2.75) is 63.5 Å². The Kier molecular flexibility index (Phi) is 4.97. The molecule has 1 atom stereocenters. The normalized spacial score (nSPS) is 23.0. The summed E-state index contributed by atoms with van der Waals surface area (Å²) in [6, 6.07) is 2.28. The molecule has 6 heteroatoms. The Morgan fingerprint density at radius 3 is 2.88 bits per heavy atom. The van der Waals surface area contributed by atoms with Crippen molar-refractivity contribution in [2.75, 3.05) is 13.1 Å². The monoisotopic (exact) mass is 341 g/mol. The van der Waals surface area contributed by atoms with Crippen LogP contribution in [-0.4, -0.2) is 37.5 Å². The second kappa shape index (κ2) is 7.52. The Morgan fingerprint density at radius 2 is 2.04 bits per heavy atom. The maximum Gasteiger partial charge on any atom is 0.250 e. The van der Waals surface area contributed by atoms with Crippen LogP contribution in [0.5, 0.6) is 0 Å². The van der Waals surface area contributed by atoms with Gasteiger partial charge in [-0.15, -0.1) is 0 Å². The third-order valence-electron chi connectivity index (χ3n) is 5.72. The molecule has 1 N–H and O–H groups in total. The summed E-state index contributed by atoms with van der Waals surface area (Å²) in [6.07, 6.45) is 14.4. The summed E-state index contributed by atoms with van der Waals surface area (Å²) in [5.41, 5.74) is 2.19. The van der Waals surface area contributed by atoms with E-state index in [0.29, 0.717) is 12.0 Å². The van der Waals surface area contributed by atoms with E-state index in [-0.39, 0.29) is 5.56 Å². The number of hydrogen-bond acceptors (Lipinski definition) is 4. The number of H-pyrrole nitrogens is 1. The van der Waals surface area contributed by atoms with Crippen molar-refractivity contribution in [3.05, 3.63) is 46.7 Å². The van der Waals surface area contributed by atoms with Gasteiger partial charge >= 0.3 is 0 Å². The third kappa shape index (κ3) is 3.84. The number of aromatic nitrogens is 4. The Morgan fingerprint density at radius 1 is 1.16 bits per heavy atom. The van der Waals surface area contributed by atoms with E-state index in [2.05, 4.69) is 24.4 Å². The number of rotatable bonds is 4. The number of aromatic amines is 1. The van der Waals surface area contributed by atoms with Crippen molar-refractivity contribution in [3.63, 3.8) is 0 Å². The fourth-order valence-corrected chi connectivity index (χ4v) is 4.42. The molecule has 0 amide bonds. The quantitative estimate of drug-likeness (QED) is 0.928. The molecule has 0 unspecified atom stereocenters. The molecule has 25 heavy (non-hydrogen) atoms. The average molecular weight is 341 g/mol. The van der Waals surface area contributed by atoms with Gasteiger partial charge in [0.2, 0.25) is 0 Å². The van der Waals surface area contributed by atoms with Crippen molar-refractivity contribution < 1.29 is 0 Å². The van der Waals surface area contributed by atoms with Gasteiger partial charge in [0.25, 0.3) is 5.56 Å². The Balaban J connectivity index is 1.44. The first-order valence-corrected chi connectivity index (χ1v) is 9.57. The van der Waals surface area contributed by atoms with Crippen LogP contribution in [0.3, 0.4) is 0 Å². The first-order chi connectivity index (χ1) is 12.3. The molecule has 2 aromatic rings. The van der Waals surface area contributed by atoms with Crippen LogP contribution in [0.15, 0.2) is 29.7 Å². The predicted octanol–water partition coefficient (Wildman–Crippen LogP) is 2.85. The molecule has 1 aliphatic heterocycles. The van der Waals surface area contributed by atoms with Crippen molar-refractivity contribution in [1.29, 1.82) is 0 Å². The molecule has 3 heterocycles. The summed E-state index contributed by atoms with van der Waals surface area (Å²) in [7, 11) is 0.